The first-order valence-corrected chi connectivity index (χ1v) is 14.8. The lowest BCUT2D eigenvalue weighted by atomic mass is 10.1. The van der Waals surface area contributed by atoms with Crippen molar-refractivity contribution in [2.45, 2.75) is 26.8 Å². The molecule has 5 nitrogen and oxygen atoms in total. The Morgan fingerprint density at radius 3 is 2.46 bits per heavy atom. The molecule has 0 aliphatic carbocycles. The van der Waals surface area contributed by atoms with Crippen LogP contribution in [0.3, 0.4) is 0 Å². The summed E-state index contributed by atoms with van der Waals surface area (Å²) >= 11 is 7.50. The molecule has 3 heterocycles. The number of aromatic nitrogens is 1. The number of benzene rings is 2. The highest BCUT2D eigenvalue weighted by Gasteiger charge is 2.28. The Labute approximate surface area is 226 Å². The fourth-order valence-corrected chi connectivity index (χ4v) is 8.10. The van der Waals surface area contributed by atoms with E-state index < -0.39 is 14.0 Å². The topological polar surface area (TPSA) is 66.6 Å². The summed E-state index contributed by atoms with van der Waals surface area (Å²) in [7, 11) is -0.831. The average molecular weight is 549 g/mol. The van der Waals surface area contributed by atoms with Crippen molar-refractivity contribution in [2.24, 2.45) is 0 Å². The predicted octanol–water partition coefficient (Wildman–Crippen LogP) is 8.45. The summed E-state index contributed by atoms with van der Waals surface area (Å²) in [4.78, 5) is 17.9. The van der Waals surface area contributed by atoms with Crippen molar-refractivity contribution in [1.29, 1.82) is 0 Å². The molecule has 0 aliphatic rings. The predicted molar refractivity (Wildman–Crippen MR) is 156 cm³/mol. The van der Waals surface area contributed by atoms with Gasteiger partial charge in [0.05, 0.1) is 5.69 Å². The molecule has 1 atom stereocenters. The van der Waals surface area contributed by atoms with Crippen molar-refractivity contribution >= 4 is 59.1 Å². The molecular weight excluding hydrogens is 523 g/mol. The van der Waals surface area contributed by atoms with E-state index in [4.69, 9.17) is 16.0 Å². The first-order valence-electron chi connectivity index (χ1n) is 11.8. The number of aryl methyl sites for hydroxylation is 1. The number of carboxylic acids is 1. The molecule has 2 aromatic carbocycles. The molecular formula is C29H26ClN2O3PS. The van der Waals surface area contributed by atoms with E-state index in [-0.39, 0.29) is 6.04 Å². The molecule has 0 aliphatic heterocycles. The van der Waals surface area contributed by atoms with E-state index in [1.165, 1.54) is 16.6 Å². The van der Waals surface area contributed by atoms with Gasteiger partial charge in [-0.3, -0.25) is 4.98 Å². The van der Waals surface area contributed by atoms with Crippen LogP contribution in [0, 0.1) is 6.92 Å². The van der Waals surface area contributed by atoms with E-state index >= 15 is 0 Å². The van der Waals surface area contributed by atoms with Crippen molar-refractivity contribution < 1.29 is 14.3 Å². The largest absolute Gasteiger partial charge is 0.477 e. The third-order valence-electron chi connectivity index (χ3n) is 6.21. The molecule has 0 saturated carbocycles. The van der Waals surface area contributed by atoms with Gasteiger partial charge < -0.3 is 14.2 Å². The van der Waals surface area contributed by atoms with Crippen LogP contribution in [0.2, 0.25) is 5.02 Å². The van der Waals surface area contributed by atoms with E-state index in [0.717, 1.165) is 44.1 Å². The molecule has 0 fully saturated rings. The summed E-state index contributed by atoms with van der Waals surface area (Å²) in [6.07, 6.45) is 1.75. The first-order chi connectivity index (χ1) is 17.7. The number of carbonyl (C=O) groups is 1. The maximum Gasteiger partial charge on any atom is 0.348 e. The van der Waals surface area contributed by atoms with Gasteiger partial charge in [-0.05, 0) is 74.2 Å². The van der Waals surface area contributed by atoms with Crippen LogP contribution in [-0.4, -0.2) is 28.8 Å². The minimum atomic E-state index is -0.917. The van der Waals surface area contributed by atoms with Crippen molar-refractivity contribution in [3.8, 4) is 21.8 Å². The van der Waals surface area contributed by atoms with Gasteiger partial charge in [-0.1, -0.05) is 41.9 Å². The molecule has 1 unspecified atom stereocenters. The van der Waals surface area contributed by atoms with Crippen molar-refractivity contribution in [3.05, 3.63) is 88.4 Å². The van der Waals surface area contributed by atoms with Gasteiger partial charge in [0.2, 0.25) is 0 Å². The van der Waals surface area contributed by atoms with Crippen molar-refractivity contribution in [3.63, 3.8) is 0 Å². The maximum absolute atomic E-state index is 12.3. The van der Waals surface area contributed by atoms with Gasteiger partial charge >= 0.3 is 5.97 Å². The average Bonchev–Trinajstić information content (AvgIpc) is 3.49. The lowest BCUT2D eigenvalue weighted by molar-refractivity contribution is 0.0703. The van der Waals surface area contributed by atoms with Crippen LogP contribution < -0.4 is 9.97 Å². The summed E-state index contributed by atoms with van der Waals surface area (Å²) in [5.41, 5.74) is 5.32. The van der Waals surface area contributed by atoms with Crippen LogP contribution in [0.25, 0.3) is 32.9 Å². The third kappa shape index (κ3) is 5.02. The lowest BCUT2D eigenvalue weighted by Crippen LogP contribution is -2.30. The Morgan fingerprint density at radius 2 is 1.81 bits per heavy atom. The van der Waals surface area contributed by atoms with Gasteiger partial charge in [0.1, 0.15) is 16.2 Å². The highest BCUT2D eigenvalue weighted by molar-refractivity contribution is 7.66. The Balaban J connectivity index is 1.51. The highest BCUT2D eigenvalue weighted by atomic mass is 35.5. The van der Waals surface area contributed by atoms with Crippen molar-refractivity contribution in [1.82, 2.24) is 4.98 Å². The molecule has 0 bridgehead atoms. The second kappa shape index (κ2) is 10.3. The third-order valence-corrected chi connectivity index (χ3v) is 10.1. The first kappa shape index (κ1) is 25.5. The number of anilines is 1. The Morgan fingerprint density at radius 1 is 1.08 bits per heavy atom. The summed E-state index contributed by atoms with van der Waals surface area (Å²) in [6.45, 7) is 8.43. The lowest BCUT2D eigenvalue weighted by Gasteiger charge is -2.35. The molecule has 0 amide bonds. The number of rotatable bonds is 7. The number of nitrogens with zero attached hydrogens (tertiary/aromatic N) is 2. The maximum atomic E-state index is 12.3. The van der Waals surface area contributed by atoms with E-state index in [1.54, 1.807) is 6.20 Å². The molecule has 1 N–H and O–H groups in total. The molecule has 0 spiro atoms. The van der Waals surface area contributed by atoms with Crippen molar-refractivity contribution in [2.75, 3.05) is 11.3 Å². The monoisotopic (exact) mass is 548 g/mol. The van der Waals surface area contributed by atoms with E-state index in [0.29, 0.717) is 9.90 Å². The quantitative estimate of drug-likeness (QED) is 0.207. The second-order valence-electron chi connectivity index (χ2n) is 9.10. The molecule has 5 aromatic rings. The molecule has 8 heteroatoms. The highest BCUT2D eigenvalue weighted by Crippen LogP contribution is 2.48. The van der Waals surface area contributed by atoms with Gasteiger partial charge in [-0.2, -0.15) is 0 Å². The zero-order chi connectivity index (χ0) is 26.3. The van der Waals surface area contributed by atoms with E-state index in [9.17, 15) is 9.90 Å². The number of thiophene rings is 1. The summed E-state index contributed by atoms with van der Waals surface area (Å²) in [5.74, 6) is -0.168. The van der Waals surface area contributed by atoms with Crippen LogP contribution in [0.4, 0.5) is 5.69 Å². The number of halogens is 1. The molecule has 3 aromatic heterocycles. The SMILES string of the molecule is Cc1cc(Cl)ccc1P(C)N(c1cc(-c2ccc(-c3cc4ncccc4o3)cc2)sc1C(=O)O)C(C)C. The van der Waals surface area contributed by atoms with Crippen LogP contribution in [0.5, 0.6) is 0 Å². The van der Waals surface area contributed by atoms with Crippen LogP contribution in [-0.2, 0) is 0 Å². The van der Waals surface area contributed by atoms with Crippen LogP contribution in [0.1, 0.15) is 29.1 Å². The molecule has 37 heavy (non-hydrogen) atoms. The zero-order valence-electron chi connectivity index (χ0n) is 20.9. The zero-order valence-corrected chi connectivity index (χ0v) is 23.4. The summed E-state index contributed by atoms with van der Waals surface area (Å²) in [6, 6.07) is 21.7. The van der Waals surface area contributed by atoms with Crippen LogP contribution in [0.15, 0.2) is 77.3 Å². The fraction of sp³-hybridized carbons (Fsp3) is 0.172. The minimum Gasteiger partial charge on any atom is -0.477 e. The number of aromatic carboxylic acids is 1. The number of fused-ring (bicyclic) bond motifs is 1. The summed E-state index contributed by atoms with van der Waals surface area (Å²) < 4.78 is 8.19. The number of hydrogen-bond acceptors (Lipinski definition) is 5. The molecule has 0 radical (unpaired) electrons. The minimum absolute atomic E-state index is 0.107. The fourth-order valence-electron chi connectivity index (χ4n) is 4.54. The van der Waals surface area contributed by atoms with Gasteiger partial charge in [0.25, 0.3) is 0 Å². The Kier molecular flexibility index (Phi) is 7.09. The number of hydrogen-bond donors (Lipinski definition) is 1. The summed E-state index contributed by atoms with van der Waals surface area (Å²) in [5, 5.41) is 12.0. The Hall–Kier alpha value is -3.18. The molecule has 5 rings (SSSR count). The van der Waals surface area contributed by atoms with Gasteiger partial charge in [-0.25, -0.2) is 4.79 Å². The van der Waals surface area contributed by atoms with Gasteiger partial charge in [0, 0.05) is 41.8 Å². The standard InChI is InChI=1S/C29H26ClN2O3PS/c1-17(2)32(36(4)26-12-11-21(30)14-18(26)3)23-16-27(37-28(23)29(33)34)20-9-7-19(8-10-20)25-15-22-24(35-25)6-5-13-31-22/h5-17H,1-4H3,(H,33,34). The number of furan rings is 1. The smallest absolute Gasteiger partial charge is 0.348 e. The van der Waals surface area contributed by atoms with E-state index in [2.05, 4.69) is 43.2 Å². The second-order valence-corrected chi connectivity index (χ2v) is 12.5. The number of carboxylic acid groups (broad SMARTS) is 1. The normalized spacial score (nSPS) is 12.3. The number of pyridine rings is 1. The molecule has 0 saturated heterocycles. The molecule has 188 valence electrons. The van der Waals surface area contributed by atoms with Gasteiger partial charge in [-0.15, -0.1) is 11.3 Å². The van der Waals surface area contributed by atoms with Crippen LogP contribution >= 0.6 is 31.0 Å². The van der Waals surface area contributed by atoms with E-state index in [1.807, 2.05) is 60.7 Å². The van der Waals surface area contributed by atoms with Gasteiger partial charge in [0.15, 0.2) is 5.58 Å². The Bertz CT molecular complexity index is 1560.